The van der Waals surface area contributed by atoms with E-state index in [9.17, 15) is 9.90 Å². The molecule has 2 heterocycles. The number of fused-ring (bicyclic) bond motifs is 1. The number of aliphatic hydroxyl groups excluding tert-OH is 1. The molecule has 1 atom stereocenters. The van der Waals surface area contributed by atoms with Gasteiger partial charge >= 0.3 is 5.97 Å². The van der Waals surface area contributed by atoms with Crippen molar-refractivity contribution in [2.24, 2.45) is 5.92 Å². The number of carbonyl (C=O) groups excluding carboxylic acids is 1. The molecular formula is C21H28N2O4. The molecule has 0 spiro atoms. The van der Waals surface area contributed by atoms with Crippen molar-refractivity contribution in [1.29, 1.82) is 0 Å². The molecule has 0 aliphatic carbocycles. The summed E-state index contributed by atoms with van der Waals surface area (Å²) in [5, 5.41) is 14.8. The Kier molecular flexibility index (Phi) is 6.29. The lowest BCUT2D eigenvalue weighted by atomic mass is 9.93. The number of ether oxygens (including phenoxy) is 2. The number of pyridine rings is 1. The number of hydrogen-bond acceptors (Lipinski definition) is 6. The summed E-state index contributed by atoms with van der Waals surface area (Å²) in [6, 6.07) is 3.99. The van der Waals surface area contributed by atoms with Crippen molar-refractivity contribution in [2.45, 2.75) is 39.7 Å². The van der Waals surface area contributed by atoms with Crippen molar-refractivity contribution < 1.29 is 19.4 Å². The number of rotatable bonds is 6. The summed E-state index contributed by atoms with van der Waals surface area (Å²) < 4.78 is 10.6. The van der Waals surface area contributed by atoms with Gasteiger partial charge in [0.15, 0.2) is 0 Å². The average Bonchev–Trinajstić information content (AvgIpc) is 2.69. The highest BCUT2D eigenvalue weighted by atomic mass is 16.5. The lowest BCUT2D eigenvalue weighted by Crippen LogP contribution is -2.33. The SMILES string of the molecule is CCOC(=O)c1cnc2c(C)c(C)ccc2c1NCC(O)C1CCOCC1. The third-order valence-electron chi connectivity index (χ3n) is 5.36. The van der Waals surface area contributed by atoms with Gasteiger partial charge in [0.1, 0.15) is 5.56 Å². The molecule has 1 aliphatic rings. The van der Waals surface area contributed by atoms with Gasteiger partial charge in [0.2, 0.25) is 0 Å². The van der Waals surface area contributed by atoms with Gasteiger partial charge in [0, 0.05) is 31.3 Å². The predicted octanol–water partition coefficient (Wildman–Crippen LogP) is 3.23. The summed E-state index contributed by atoms with van der Waals surface area (Å²) >= 11 is 0. The minimum absolute atomic E-state index is 0.203. The molecule has 2 aromatic rings. The fourth-order valence-electron chi connectivity index (χ4n) is 3.54. The third-order valence-corrected chi connectivity index (χ3v) is 5.36. The molecule has 1 fully saturated rings. The van der Waals surface area contributed by atoms with E-state index in [-0.39, 0.29) is 5.92 Å². The molecule has 0 amide bonds. The highest BCUT2D eigenvalue weighted by Gasteiger charge is 2.24. The van der Waals surface area contributed by atoms with Gasteiger partial charge in [-0.2, -0.15) is 0 Å². The number of carbonyl (C=O) groups is 1. The number of hydrogen-bond donors (Lipinski definition) is 2. The van der Waals surface area contributed by atoms with Gasteiger partial charge in [-0.1, -0.05) is 12.1 Å². The standard InChI is InChI=1S/C21H28N2O4/c1-4-27-21(25)17-11-22-19-14(3)13(2)5-6-16(19)20(17)23-12-18(24)15-7-9-26-10-8-15/h5-6,11,15,18,24H,4,7-10,12H2,1-3H3,(H,22,23). The first-order valence-electron chi connectivity index (χ1n) is 9.58. The Morgan fingerprint density at radius 1 is 1.37 bits per heavy atom. The topological polar surface area (TPSA) is 80.7 Å². The first-order valence-corrected chi connectivity index (χ1v) is 9.58. The molecule has 1 aromatic heterocycles. The van der Waals surface area contributed by atoms with Crippen molar-refractivity contribution in [3.8, 4) is 0 Å². The van der Waals surface area contributed by atoms with Crippen molar-refractivity contribution >= 4 is 22.6 Å². The molecule has 27 heavy (non-hydrogen) atoms. The number of nitrogens with one attached hydrogen (secondary N) is 1. The van der Waals surface area contributed by atoms with E-state index >= 15 is 0 Å². The fraction of sp³-hybridized carbons (Fsp3) is 0.524. The maximum Gasteiger partial charge on any atom is 0.341 e. The summed E-state index contributed by atoms with van der Waals surface area (Å²) in [7, 11) is 0. The Hall–Kier alpha value is -2.18. The molecule has 0 bridgehead atoms. The Bertz CT molecular complexity index is 815. The Morgan fingerprint density at radius 3 is 2.81 bits per heavy atom. The molecular weight excluding hydrogens is 344 g/mol. The maximum atomic E-state index is 12.4. The minimum Gasteiger partial charge on any atom is -0.462 e. The first-order chi connectivity index (χ1) is 13.0. The molecule has 0 saturated carbocycles. The number of nitrogens with zero attached hydrogens (tertiary/aromatic N) is 1. The zero-order valence-electron chi connectivity index (χ0n) is 16.2. The maximum absolute atomic E-state index is 12.4. The van der Waals surface area contributed by atoms with E-state index in [1.54, 1.807) is 13.1 Å². The van der Waals surface area contributed by atoms with Gasteiger partial charge in [-0.3, -0.25) is 4.98 Å². The van der Waals surface area contributed by atoms with Crippen LogP contribution in [0.3, 0.4) is 0 Å². The molecule has 6 heteroatoms. The summed E-state index contributed by atoms with van der Waals surface area (Å²) in [6.45, 7) is 7.88. The Balaban J connectivity index is 1.93. The summed E-state index contributed by atoms with van der Waals surface area (Å²) in [4.78, 5) is 16.9. The van der Waals surface area contributed by atoms with E-state index < -0.39 is 12.1 Å². The molecule has 1 saturated heterocycles. The number of aliphatic hydroxyl groups is 1. The first kappa shape index (κ1) is 19.6. The van der Waals surface area contributed by atoms with Crippen LogP contribution in [-0.4, -0.2) is 48.5 Å². The summed E-state index contributed by atoms with van der Waals surface area (Å²) in [6.07, 6.45) is 2.76. The third kappa shape index (κ3) is 4.22. The fourth-order valence-corrected chi connectivity index (χ4v) is 3.54. The van der Waals surface area contributed by atoms with Gasteiger partial charge < -0.3 is 19.9 Å². The van der Waals surface area contributed by atoms with Crippen LogP contribution < -0.4 is 5.32 Å². The van der Waals surface area contributed by atoms with Crippen LogP contribution in [0.2, 0.25) is 0 Å². The van der Waals surface area contributed by atoms with Crippen molar-refractivity contribution in [2.75, 3.05) is 31.7 Å². The molecule has 1 aliphatic heterocycles. The van der Waals surface area contributed by atoms with E-state index in [0.29, 0.717) is 37.6 Å². The number of aryl methyl sites for hydroxylation is 2. The van der Waals surface area contributed by atoms with Gasteiger partial charge in [0.05, 0.1) is 23.9 Å². The molecule has 6 nitrogen and oxygen atoms in total. The smallest absolute Gasteiger partial charge is 0.341 e. The molecule has 2 N–H and O–H groups in total. The lowest BCUT2D eigenvalue weighted by molar-refractivity contribution is 0.0131. The molecule has 1 aromatic carbocycles. The zero-order valence-corrected chi connectivity index (χ0v) is 16.2. The Labute approximate surface area is 159 Å². The molecule has 0 radical (unpaired) electrons. The number of anilines is 1. The van der Waals surface area contributed by atoms with Gasteiger partial charge in [-0.05, 0) is 50.7 Å². The highest BCUT2D eigenvalue weighted by Crippen LogP contribution is 2.30. The predicted molar refractivity (Wildman–Crippen MR) is 105 cm³/mol. The minimum atomic E-state index is -0.501. The quantitative estimate of drug-likeness (QED) is 0.758. The number of aromatic nitrogens is 1. The van der Waals surface area contributed by atoms with E-state index in [0.717, 1.165) is 34.9 Å². The van der Waals surface area contributed by atoms with E-state index in [1.807, 2.05) is 26.0 Å². The van der Waals surface area contributed by atoms with Crippen LogP contribution in [0.4, 0.5) is 5.69 Å². The Morgan fingerprint density at radius 2 is 2.11 bits per heavy atom. The van der Waals surface area contributed by atoms with Crippen LogP contribution in [0.25, 0.3) is 10.9 Å². The van der Waals surface area contributed by atoms with Gasteiger partial charge in [-0.15, -0.1) is 0 Å². The normalized spacial score (nSPS) is 16.3. The largest absolute Gasteiger partial charge is 0.462 e. The van der Waals surface area contributed by atoms with Crippen LogP contribution in [0, 0.1) is 19.8 Å². The highest BCUT2D eigenvalue weighted by molar-refractivity contribution is 6.05. The van der Waals surface area contributed by atoms with Gasteiger partial charge in [0.25, 0.3) is 0 Å². The number of benzene rings is 1. The molecule has 3 rings (SSSR count). The van der Waals surface area contributed by atoms with E-state index in [1.165, 1.54) is 0 Å². The molecule has 1 unspecified atom stereocenters. The second kappa shape index (κ2) is 8.67. The molecule has 146 valence electrons. The van der Waals surface area contributed by atoms with Crippen molar-refractivity contribution in [3.05, 3.63) is 35.0 Å². The van der Waals surface area contributed by atoms with E-state index in [4.69, 9.17) is 9.47 Å². The summed E-state index contributed by atoms with van der Waals surface area (Å²) in [5.74, 6) is -0.206. The van der Waals surface area contributed by atoms with Gasteiger partial charge in [-0.25, -0.2) is 4.79 Å². The van der Waals surface area contributed by atoms with Crippen LogP contribution in [0.1, 0.15) is 41.3 Å². The van der Waals surface area contributed by atoms with Crippen LogP contribution in [0.15, 0.2) is 18.3 Å². The monoisotopic (exact) mass is 372 g/mol. The van der Waals surface area contributed by atoms with E-state index in [2.05, 4.69) is 10.3 Å². The summed E-state index contributed by atoms with van der Waals surface area (Å²) in [5.41, 5.74) is 4.15. The van der Waals surface area contributed by atoms with Crippen LogP contribution in [-0.2, 0) is 9.47 Å². The number of esters is 1. The van der Waals surface area contributed by atoms with Crippen LogP contribution in [0.5, 0.6) is 0 Å². The van der Waals surface area contributed by atoms with Crippen LogP contribution >= 0.6 is 0 Å². The van der Waals surface area contributed by atoms with Crippen molar-refractivity contribution in [1.82, 2.24) is 4.98 Å². The second-order valence-corrected chi connectivity index (χ2v) is 7.07. The second-order valence-electron chi connectivity index (χ2n) is 7.07. The average molecular weight is 372 g/mol. The lowest BCUT2D eigenvalue weighted by Gasteiger charge is -2.27. The zero-order chi connectivity index (χ0) is 19.4. The van der Waals surface area contributed by atoms with Crippen molar-refractivity contribution in [3.63, 3.8) is 0 Å².